The minimum atomic E-state index is -0.354. The van der Waals surface area contributed by atoms with Gasteiger partial charge in [0.05, 0.1) is 19.9 Å². The van der Waals surface area contributed by atoms with Crippen molar-refractivity contribution in [3.63, 3.8) is 0 Å². The Morgan fingerprint density at radius 3 is 3.00 bits per heavy atom. The van der Waals surface area contributed by atoms with Crippen molar-refractivity contribution in [2.45, 2.75) is 13.3 Å². The normalized spacial score (nSPS) is 10.6. The fraction of sp³-hybridized carbons (Fsp3) is 0.286. The van der Waals surface area contributed by atoms with E-state index in [2.05, 4.69) is 25.7 Å². The van der Waals surface area contributed by atoms with E-state index in [1.807, 2.05) is 19.1 Å². The van der Waals surface area contributed by atoms with Crippen LogP contribution >= 0.6 is 0 Å². The van der Waals surface area contributed by atoms with Gasteiger partial charge < -0.3 is 9.47 Å². The van der Waals surface area contributed by atoms with E-state index in [9.17, 15) is 4.79 Å². The van der Waals surface area contributed by atoms with Gasteiger partial charge in [-0.15, -0.1) is 10.2 Å². The molecule has 22 heavy (non-hydrogen) atoms. The number of hydrogen-bond donors (Lipinski definition) is 2. The number of aromatic amines is 1. The molecule has 0 amide bonds. The predicted molar refractivity (Wildman–Crippen MR) is 82.6 cm³/mol. The van der Waals surface area contributed by atoms with Crippen LogP contribution in [0, 0.1) is 0 Å². The first-order valence-corrected chi connectivity index (χ1v) is 6.75. The summed E-state index contributed by atoms with van der Waals surface area (Å²) in [5.74, 6) is 1.48. The molecule has 0 atom stereocenters. The molecule has 0 unspecified atom stereocenters. The number of aromatic nitrogens is 3. The zero-order chi connectivity index (χ0) is 15.8. The van der Waals surface area contributed by atoms with Crippen molar-refractivity contribution in [2.75, 3.05) is 19.1 Å². The Morgan fingerprint density at radius 1 is 1.41 bits per heavy atom. The Morgan fingerprint density at radius 2 is 2.27 bits per heavy atom. The van der Waals surface area contributed by atoms with Gasteiger partial charge in [-0.05, 0) is 30.2 Å². The van der Waals surface area contributed by atoms with Crippen LogP contribution < -0.4 is 20.5 Å². The molecule has 0 saturated carbocycles. The smallest absolute Gasteiger partial charge is 0.271 e. The van der Waals surface area contributed by atoms with E-state index in [1.54, 1.807) is 19.4 Å². The van der Waals surface area contributed by atoms with Gasteiger partial charge in [-0.1, -0.05) is 6.92 Å². The van der Waals surface area contributed by atoms with Gasteiger partial charge in [0.15, 0.2) is 11.5 Å². The van der Waals surface area contributed by atoms with E-state index < -0.39 is 0 Å². The molecule has 8 heteroatoms. The number of nitrogens with zero attached hydrogens (tertiary/aromatic N) is 3. The maximum Gasteiger partial charge on any atom is 0.271 e. The molecular weight excluding hydrogens is 286 g/mol. The van der Waals surface area contributed by atoms with Gasteiger partial charge in [0.25, 0.3) is 5.56 Å². The summed E-state index contributed by atoms with van der Waals surface area (Å²) in [6.45, 7) is 2.64. The van der Waals surface area contributed by atoms with E-state index in [1.165, 1.54) is 0 Å². The van der Waals surface area contributed by atoms with Gasteiger partial charge in [0.1, 0.15) is 6.20 Å². The third-order valence-corrected chi connectivity index (χ3v) is 2.61. The molecule has 0 bridgehead atoms. The molecular formula is C14H17N5O3. The lowest BCUT2D eigenvalue weighted by molar-refractivity contribution is 0.294. The molecule has 0 aliphatic heterocycles. The van der Waals surface area contributed by atoms with Gasteiger partial charge in [-0.25, -0.2) is 5.43 Å². The highest BCUT2D eigenvalue weighted by atomic mass is 16.5. The van der Waals surface area contributed by atoms with E-state index in [0.717, 1.165) is 18.2 Å². The Hall–Kier alpha value is -2.90. The Kier molecular flexibility index (Phi) is 5.47. The highest BCUT2D eigenvalue weighted by Gasteiger charge is 2.04. The number of nitrogens with one attached hydrogen (secondary N) is 2. The minimum absolute atomic E-state index is 0.166. The number of benzene rings is 1. The van der Waals surface area contributed by atoms with Gasteiger partial charge in [-0.2, -0.15) is 5.10 Å². The zero-order valence-corrected chi connectivity index (χ0v) is 12.4. The predicted octanol–water partition coefficient (Wildman–Crippen LogP) is 1.41. The number of anilines is 1. The van der Waals surface area contributed by atoms with E-state index in [4.69, 9.17) is 9.47 Å². The van der Waals surface area contributed by atoms with Gasteiger partial charge >= 0.3 is 0 Å². The molecule has 0 radical (unpaired) electrons. The number of ether oxygens (including phenoxy) is 2. The van der Waals surface area contributed by atoms with Crippen LogP contribution in [0.4, 0.5) is 5.95 Å². The molecule has 1 heterocycles. The summed E-state index contributed by atoms with van der Waals surface area (Å²) in [6.07, 6.45) is 3.56. The van der Waals surface area contributed by atoms with Crippen LogP contribution in [0.5, 0.6) is 11.5 Å². The Labute approximate surface area is 127 Å². The van der Waals surface area contributed by atoms with Crippen LogP contribution in [0.2, 0.25) is 0 Å². The SMILES string of the molecule is CCCOc1cc(/C=N/Nc2nncc(=O)[nH]2)ccc1OC. The maximum atomic E-state index is 11.1. The van der Waals surface area contributed by atoms with Crippen LogP contribution in [0.15, 0.2) is 34.3 Å². The van der Waals surface area contributed by atoms with Crippen LogP contribution in [-0.4, -0.2) is 35.1 Å². The molecule has 2 N–H and O–H groups in total. The second kappa shape index (κ2) is 7.77. The lowest BCUT2D eigenvalue weighted by Gasteiger charge is -2.10. The number of methoxy groups -OCH3 is 1. The van der Waals surface area contributed by atoms with Crippen LogP contribution in [0.1, 0.15) is 18.9 Å². The number of hydrazone groups is 1. The summed E-state index contributed by atoms with van der Waals surface area (Å²) in [7, 11) is 1.59. The van der Waals surface area contributed by atoms with Crippen molar-refractivity contribution in [2.24, 2.45) is 5.10 Å². The summed E-state index contributed by atoms with van der Waals surface area (Å²) >= 11 is 0. The fourth-order valence-corrected chi connectivity index (χ4v) is 1.63. The average Bonchev–Trinajstić information content (AvgIpc) is 2.53. The van der Waals surface area contributed by atoms with Gasteiger partial charge in [0, 0.05) is 0 Å². The molecule has 0 aliphatic carbocycles. The summed E-state index contributed by atoms with van der Waals surface area (Å²) in [4.78, 5) is 13.5. The highest BCUT2D eigenvalue weighted by molar-refractivity contribution is 5.81. The first-order valence-electron chi connectivity index (χ1n) is 6.75. The zero-order valence-electron chi connectivity index (χ0n) is 12.4. The molecule has 1 aromatic carbocycles. The molecule has 8 nitrogen and oxygen atoms in total. The third kappa shape index (κ3) is 4.30. The molecule has 116 valence electrons. The molecule has 0 spiro atoms. The molecule has 2 rings (SSSR count). The van der Waals surface area contributed by atoms with Crippen LogP contribution in [-0.2, 0) is 0 Å². The molecule has 0 aliphatic rings. The average molecular weight is 303 g/mol. The van der Waals surface area contributed by atoms with E-state index in [-0.39, 0.29) is 11.5 Å². The van der Waals surface area contributed by atoms with Crippen molar-refractivity contribution < 1.29 is 9.47 Å². The van der Waals surface area contributed by atoms with Crippen LogP contribution in [0.3, 0.4) is 0 Å². The van der Waals surface area contributed by atoms with Crippen molar-refractivity contribution in [3.8, 4) is 11.5 Å². The van der Waals surface area contributed by atoms with Gasteiger partial charge in [0.2, 0.25) is 5.95 Å². The topological polar surface area (TPSA) is 101 Å². The Bertz CT molecular complexity index is 699. The van der Waals surface area contributed by atoms with Crippen molar-refractivity contribution in [1.82, 2.24) is 15.2 Å². The highest BCUT2D eigenvalue weighted by Crippen LogP contribution is 2.27. The number of rotatable bonds is 7. The van der Waals surface area contributed by atoms with Crippen LogP contribution in [0.25, 0.3) is 0 Å². The first-order chi connectivity index (χ1) is 10.7. The van der Waals surface area contributed by atoms with Crippen molar-refractivity contribution in [3.05, 3.63) is 40.3 Å². The lowest BCUT2D eigenvalue weighted by Crippen LogP contribution is -2.10. The molecule has 0 saturated heterocycles. The Balaban J connectivity index is 2.08. The number of hydrogen-bond acceptors (Lipinski definition) is 7. The third-order valence-electron chi connectivity index (χ3n) is 2.61. The molecule has 0 fully saturated rings. The first kappa shape index (κ1) is 15.5. The van der Waals surface area contributed by atoms with Crippen molar-refractivity contribution >= 4 is 12.2 Å². The fourth-order valence-electron chi connectivity index (χ4n) is 1.63. The van der Waals surface area contributed by atoms with E-state index in [0.29, 0.717) is 18.1 Å². The van der Waals surface area contributed by atoms with Gasteiger partial charge in [-0.3, -0.25) is 9.78 Å². The second-order valence-corrected chi connectivity index (χ2v) is 4.31. The quantitative estimate of drug-likeness (QED) is 0.592. The molecule has 2 aromatic rings. The van der Waals surface area contributed by atoms with E-state index >= 15 is 0 Å². The van der Waals surface area contributed by atoms with Crippen molar-refractivity contribution in [1.29, 1.82) is 0 Å². The largest absolute Gasteiger partial charge is 0.493 e. The second-order valence-electron chi connectivity index (χ2n) is 4.31. The summed E-state index contributed by atoms with van der Waals surface area (Å²) in [5, 5.41) is 11.2. The monoisotopic (exact) mass is 303 g/mol. The lowest BCUT2D eigenvalue weighted by atomic mass is 10.2. The summed E-state index contributed by atoms with van der Waals surface area (Å²) in [5.41, 5.74) is 3.05. The summed E-state index contributed by atoms with van der Waals surface area (Å²) < 4.78 is 10.9. The number of H-pyrrole nitrogens is 1. The standard InChI is InChI=1S/C14H17N5O3/c1-3-6-22-12-7-10(4-5-11(12)21-2)8-15-18-14-17-13(20)9-16-19-14/h4-5,7-9H,3,6H2,1-2H3,(H2,17,18,19,20)/b15-8+. The molecule has 1 aromatic heterocycles. The summed E-state index contributed by atoms with van der Waals surface area (Å²) in [6, 6.07) is 5.46. The maximum absolute atomic E-state index is 11.1. The minimum Gasteiger partial charge on any atom is -0.493 e.